The summed E-state index contributed by atoms with van der Waals surface area (Å²) in [5.74, 6) is 0.261. The highest BCUT2D eigenvalue weighted by Gasteiger charge is 2.29. The van der Waals surface area contributed by atoms with Crippen molar-refractivity contribution in [2.45, 2.75) is 52.6 Å². The van der Waals surface area contributed by atoms with E-state index in [9.17, 15) is 9.59 Å². The van der Waals surface area contributed by atoms with Crippen LogP contribution in [-0.2, 0) is 11.3 Å². The van der Waals surface area contributed by atoms with Gasteiger partial charge in [-0.25, -0.2) is 4.79 Å². The molecule has 1 saturated carbocycles. The average molecular weight is 361 g/mol. The first-order chi connectivity index (χ1) is 12.3. The van der Waals surface area contributed by atoms with Crippen molar-refractivity contribution in [3.63, 3.8) is 0 Å². The number of amides is 3. The quantitative estimate of drug-likeness (QED) is 0.746. The first-order valence-electron chi connectivity index (χ1n) is 9.48. The Morgan fingerprint density at radius 2 is 1.92 bits per heavy atom. The predicted octanol–water partition coefficient (Wildman–Crippen LogP) is 3.43. The molecule has 1 aliphatic carbocycles. The molecule has 2 rings (SSSR count). The standard InChI is InChI=1S/C20H32N4O2/c1-6-11-24(20(26)21-14(2)3)13-16-12-17(9-10-18(16)23(4)5)22-19(25)15-7-8-15/h9-10,12,14-15H,6-8,11,13H2,1-5H3,(H,21,26)(H,22,25). The van der Waals surface area contributed by atoms with Gasteiger partial charge in [0.15, 0.2) is 0 Å². The van der Waals surface area contributed by atoms with E-state index in [4.69, 9.17) is 0 Å². The summed E-state index contributed by atoms with van der Waals surface area (Å²) >= 11 is 0. The number of carbonyl (C=O) groups excluding carboxylic acids is 2. The molecule has 0 atom stereocenters. The van der Waals surface area contributed by atoms with Gasteiger partial charge in [0, 0.05) is 50.5 Å². The Balaban J connectivity index is 2.21. The Bertz CT molecular complexity index is 639. The van der Waals surface area contributed by atoms with Crippen molar-refractivity contribution in [1.29, 1.82) is 0 Å². The van der Waals surface area contributed by atoms with Crippen molar-refractivity contribution in [2.75, 3.05) is 30.9 Å². The number of hydrogen-bond acceptors (Lipinski definition) is 3. The summed E-state index contributed by atoms with van der Waals surface area (Å²) < 4.78 is 0. The van der Waals surface area contributed by atoms with Crippen LogP contribution in [0, 0.1) is 5.92 Å². The van der Waals surface area contributed by atoms with Gasteiger partial charge in [0.05, 0.1) is 0 Å². The third kappa shape index (κ3) is 5.64. The Morgan fingerprint density at radius 3 is 2.46 bits per heavy atom. The van der Waals surface area contributed by atoms with Crippen LogP contribution < -0.4 is 15.5 Å². The molecule has 0 radical (unpaired) electrons. The molecule has 0 bridgehead atoms. The van der Waals surface area contributed by atoms with E-state index >= 15 is 0 Å². The lowest BCUT2D eigenvalue weighted by molar-refractivity contribution is -0.117. The van der Waals surface area contributed by atoms with Crippen LogP contribution in [-0.4, -0.2) is 43.5 Å². The lowest BCUT2D eigenvalue weighted by Crippen LogP contribution is -2.43. The Labute approximate surface area is 156 Å². The maximum absolute atomic E-state index is 12.5. The molecule has 0 aromatic heterocycles. The molecule has 144 valence electrons. The van der Waals surface area contributed by atoms with E-state index in [-0.39, 0.29) is 23.9 Å². The summed E-state index contributed by atoms with van der Waals surface area (Å²) in [5, 5.41) is 5.97. The van der Waals surface area contributed by atoms with Gasteiger partial charge in [-0.1, -0.05) is 6.92 Å². The SMILES string of the molecule is CCCN(Cc1cc(NC(=O)C2CC2)ccc1N(C)C)C(=O)NC(C)C. The minimum atomic E-state index is -0.0565. The molecule has 1 fully saturated rings. The normalized spacial score (nSPS) is 13.5. The van der Waals surface area contributed by atoms with Crippen molar-refractivity contribution in [3.8, 4) is 0 Å². The molecule has 0 unspecified atom stereocenters. The smallest absolute Gasteiger partial charge is 0.317 e. The van der Waals surface area contributed by atoms with Crippen LogP contribution >= 0.6 is 0 Å². The molecular weight excluding hydrogens is 328 g/mol. The van der Waals surface area contributed by atoms with E-state index in [1.54, 1.807) is 0 Å². The van der Waals surface area contributed by atoms with Crippen LogP contribution in [0.25, 0.3) is 0 Å². The number of benzene rings is 1. The van der Waals surface area contributed by atoms with Crippen LogP contribution in [0.15, 0.2) is 18.2 Å². The summed E-state index contributed by atoms with van der Waals surface area (Å²) in [5.41, 5.74) is 2.87. The monoisotopic (exact) mass is 360 g/mol. The second-order valence-electron chi connectivity index (χ2n) is 7.53. The van der Waals surface area contributed by atoms with Gasteiger partial charge in [-0.05, 0) is 56.9 Å². The summed E-state index contributed by atoms with van der Waals surface area (Å²) in [6.45, 7) is 7.18. The Morgan fingerprint density at radius 1 is 1.23 bits per heavy atom. The van der Waals surface area contributed by atoms with E-state index < -0.39 is 0 Å². The van der Waals surface area contributed by atoms with Gasteiger partial charge < -0.3 is 20.4 Å². The third-order valence-electron chi connectivity index (χ3n) is 4.33. The minimum Gasteiger partial charge on any atom is -0.377 e. The van der Waals surface area contributed by atoms with Gasteiger partial charge >= 0.3 is 6.03 Å². The molecular formula is C20H32N4O2. The summed E-state index contributed by atoms with van der Waals surface area (Å²) in [7, 11) is 3.97. The highest BCUT2D eigenvalue weighted by molar-refractivity contribution is 5.94. The number of urea groups is 1. The maximum atomic E-state index is 12.5. The minimum absolute atomic E-state index is 0.0565. The van der Waals surface area contributed by atoms with Crippen molar-refractivity contribution in [1.82, 2.24) is 10.2 Å². The van der Waals surface area contributed by atoms with E-state index in [2.05, 4.69) is 17.6 Å². The van der Waals surface area contributed by atoms with Crippen LogP contribution in [0.5, 0.6) is 0 Å². The number of carbonyl (C=O) groups is 2. The van der Waals surface area contributed by atoms with Crippen molar-refractivity contribution in [2.24, 2.45) is 5.92 Å². The van der Waals surface area contributed by atoms with E-state index in [0.29, 0.717) is 13.1 Å². The molecule has 0 saturated heterocycles. The zero-order valence-electron chi connectivity index (χ0n) is 16.6. The molecule has 26 heavy (non-hydrogen) atoms. The zero-order chi connectivity index (χ0) is 19.3. The van der Waals surface area contributed by atoms with Gasteiger partial charge in [-0.3, -0.25) is 4.79 Å². The van der Waals surface area contributed by atoms with Crippen LogP contribution in [0.1, 0.15) is 45.6 Å². The van der Waals surface area contributed by atoms with Crippen LogP contribution in [0.3, 0.4) is 0 Å². The molecule has 1 aliphatic rings. The van der Waals surface area contributed by atoms with Crippen molar-refractivity contribution >= 4 is 23.3 Å². The summed E-state index contributed by atoms with van der Waals surface area (Å²) in [6.07, 6.45) is 2.85. The highest BCUT2D eigenvalue weighted by Crippen LogP contribution is 2.31. The molecule has 0 heterocycles. The second-order valence-corrected chi connectivity index (χ2v) is 7.53. The Hall–Kier alpha value is -2.24. The molecule has 6 heteroatoms. The first kappa shape index (κ1) is 20.1. The number of rotatable bonds is 8. The Kier molecular flexibility index (Phi) is 6.89. The fourth-order valence-electron chi connectivity index (χ4n) is 2.88. The first-order valence-corrected chi connectivity index (χ1v) is 9.48. The van der Waals surface area contributed by atoms with Gasteiger partial charge in [-0.2, -0.15) is 0 Å². The summed E-state index contributed by atoms with van der Waals surface area (Å²) in [4.78, 5) is 28.4. The van der Waals surface area contributed by atoms with E-state index in [1.807, 2.05) is 55.9 Å². The predicted molar refractivity (Wildman–Crippen MR) is 106 cm³/mol. The fourth-order valence-corrected chi connectivity index (χ4v) is 2.88. The van der Waals surface area contributed by atoms with Crippen LogP contribution in [0.2, 0.25) is 0 Å². The van der Waals surface area contributed by atoms with E-state index in [1.165, 1.54) is 0 Å². The lowest BCUT2D eigenvalue weighted by Gasteiger charge is -2.27. The lowest BCUT2D eigenvalue weighted by atomic mass is 10.1. The molecule has 0 spiro atoms. The summed E-state index contributed by atoms with van der Waals surface area (Å²) in [6, 6.07) is 5.96. The molecule has 3 amide bonds. The number of anilines is 2. The fraction of sp³-hybridized carbons (Fsp3) is 0.600. The molecule has 2 N–H and O–H groups in total. The van der Waals surface area contributed by atoms with E-state index in [0.717, 1.165) is 36.2 Å². The number of hydrogen-bond donors (Lipinski definition) is 2. The molecule has 1 aromatic rings. The van der Waals surface area contributed by atoms with Gasteiger partial charge in [0.1, 0.15) is 0 Å². The van der Waals surface area contributed by atoms with Gasteiger partial charge in [0.25, 0.3) is 0 Å². The molecule has 1 aromatic carbocycles. The van der Waals surface area contributed by atoms with Crippen molar-refractivity contribution < 1.29 is 9.59 Å². The zero-order valence-corrected chi connectivity index (χ0v) is 16.6. The molecule has 0 aliphatic heterocycles. The number of nitrogens with one attached hydrogen (secondary N) is 2. The third-order valence-corrected chi connectivity index (χ3v) is 4.33. The largest absolute Gasteiger partial charge is 0.377 e. The highest BCUT2D eigenvalue weighted by atomic mass is 16.2. The maximum Gasteiger partial charge on any atom is 0.317 e. The average Bonchev–Trinajstić information content (AvgIpc) is 3.38. The van der Waals surface area contributed by atoms with Gasteiger partial charge in [0.2, 0.25) is 5.91 Å². The van der Waals surface area contributed by atoms with Crippen LogP contribution in [0.4, 0.5) is 16.2 Å². The van der Waals surface area contributed by atoms with Crippen molar-refractivity contribution in [3.05, 3.63) is 23.8 Å². The topological polar surface area (TPSA) is 64.7 Å². The van der Waals surface area contributed by atoms with Gasteiger partial charge in [-0.15, -0.1) is 0 Å². The second kappa shape index (κ2) is 8.92. The molecule has 6 nitrogen and oxygen atoms in total. The number of nitrogens with zero attached hydrogens (tertiary/aromatic N) is 2.